The predicted molar refractivity (Wildman–Crippen MR) is 52.2 cm³/mol. The van der Waals surface area contributed by atoms with Crippen LogP contribution in [0.4, 0.5) is 0 Å². The summed E-state index contributed by atoms with van der Waals surface area (Å²) in [6, 6.07) is 0. The van der Waals surface area contributed by atoms with Gasteiger partial charge in [-0.2, -0.15) is 5.10 Å². The van der Waals surface area contributed by atoms with Gasteiger partial charge in [0.25, 0.3) is 0 Å². The van der Waals surface area contributed by atoms with Gasteiger partial charge in [0.2, 0.25) is 0 Å². The molecule has 1 aromatic rings. The van der Waals surface area contributed by atoms with Gasteiger partial charge in [0, 0.05) is 5.92 Å². The number of hydrogen-bond donors (Lipinski definition) is 1. The van der Waals surface area contributed by atoms with Crippen molar-refractivity contribution in [3.63, 3.8) is 0 Å². The van der Waals surface area contributed by atoms with Crippen molar-refractivity contribution in [2.75, 3.05) is 20.1 Å². The molecule has 1 saturated heterocycles. The average Bonchev–Trinajstić information content (AvgIpc) is 2.53. The number of aromatic nitrogens is 2. The van der Waals surface area contributed by atoms with E-state index in [0.717, 1.165) is 30.9 Å². The molecule has 1 fully saturated rings. The fourth-order valence-corrected chi connectivity index (χ4v) is 2.45. The van der Waals surface area contributed by atoms with Gasteiger partial charge < -0.3 is 4.90 Å². The number of likely N-dealkylation sites (tertiary alicyclic amines) is 1. The van der Waals surface area contributed by atoms with E-state index in [2.05, 4.69) is 22.1 Å². The van der Waals surface area contributed by atoms with E-state index in [9.17, 15) is 4.79 Å². The summed E-state index contributed by atoms with van der Waals surface area (Å²) in [7, 11) is 2.13. The van der Waals surface area contributed by atoms with Crippen molar-refractivity contribution in [3.05, 3.63) is 14.7 Å². The Hall–Kier alpha value is -0.680. The molecule has 0 radical (unpaired) electrons. The molecule has 0 saturated carbocycles. The Kier molecular flexibility index (Phi) is 2.46. The van der Waals surface area contributed by atoms with Gasteiger partial charge >= 0.3 is 4.87 Å². The second-order valence-electron chi connectivity index (χ2n) is 3.53. The third kappa shape index (κ3) is 1.97. The molecule has 0 unspecified atom stereocenters. The number of H-pyrrole nitrogens is 1. The van der Waals surface area contributed by atoms with E-state index >= 15 is 0 Å². The maximum absolute atomic E-state index is 10.9. The summed E-state index contributed by atoms with van der Waals surface area (Å²) in [6.45, 7) is 2.22. The van der Waals surface area contributed by atoms with Gasteiger partial charge in [0.1, 0.15) is 5.01 Å². The van der Waals surface area contributed by atoms with Gasteiger partial charge in [-0.25, -0.2) is 5.10 Å². The summed E-state index contributed by atoms with van der Waals surface area (Å²) in [6.07, 6.45) is 2.24. The summed E-state index contributed by atoms with van der Waals surface area (Å²) in [5, 5.41) is 7.49. The molecule has 1 aromatic heterocycles. The first-order chi connectivity index (χ1) is 6.25. The molecule has 72 valence electrons. The van der Waals surface area contributed by atoms with Crippen LogP contribution in [-0.2, 0) is 0 Å². The van der Waals surface area contributed by atoms with E-state index in [0.29, 0.717) is 5.92 Å². The van der Waals surface area contributed by atoms with Gasteiger partial charge in [0.15, 0.2) is 0 Å². The molecule has 0 bridgehead atoms. The number of hydrogen-bond acceptors (Lipinski definition) is 4. The Bertz CT molecular complexity index is 324. The SMILES string of the molecule is CN1CCC(c2n[nH]c(=O)s2)CC1. The number of nitrogens with one attached hydrogen (secondary N) is 1. The minimum Gasteiger partial charge on any atom is -0.306 e. The molecule has 4 nitrogen and oxygen atoms in total. The quantitative estimate of drug-likeness (QED) is 0.722. The lowest BCUT2D eigenvalue weighted by Crippen LogP contribution is -2.29. The molecule has 0 atom stereocenters. The van der Waals surface area contributed by atoms with Crippen LogP contribution in [0, 0.1) is 0 Å². The molecule has 2 heterocycles. The predicted octanol–water partition coefficient (Wildman–Crippen LogP) is 0.641. The molecule has 13 heavy (non-hydrogen) atoms. The lowest BCUT2D eigenvalue weighted by Gasteiger charge is -2.27. The number of rotatable bonds is 1. The smallest absolute Gasteiger partial charge is 0.306 e. The zero-order valence-corrected chi connectivity index (χ0v) is 8.43. The normalized spacial score (nSPS) is 20.7. The first-order valence-electron chi connectivity index (χ1n) is 4.49. The molecule has 1 aliphatic heterocycles. The van der Waals surface area contributed by atoms with E-state index in [1.54, 1.807) is 0 Å². The lowest BCUT2D eigenvalue weighted by molar-refractivity contribution is 0.255. The highest BCUT2D eigenvalue weighted by Crippen LogP contribution is 2.26. The molecule has 0 spiro atoms. The van der Waals surface area contributed by atoms with Gasteiger partial charge in [-0.1, -0.05) is 11.3 Å². The fraction of sp³-hybridized carbons (Fsp3) is 0.750. The Morgan fingerprint density at radius 2 is 2.23 bits per heavy atom. The minimum atomic E-state index is -0.0334. The van der Waals surface area contributed by atoms with E-state index in [4.69, 9.17) is 0 Å². The maximum Gasteiger partial charge on any atom is 0.322 e. The van der Waals surface area contributed by atoms with Crippen molar-refractivity contribution in [1.82, 2.24) is 15.1 Å². The van der Waals surface area contributed by atoms with Crippen molar-refractivity contribution >= 4 is 11.3 Å². The molecule has 2 rings (SSSR count). The summed E-state index contributed by atoms with van der Waals surface area (Å²) in [5.74, 6) is 0.500. The van der Waals surface area contributed by atoms with Crippen LogP contribution in [0.2, 0.25) is 0 Å². The summed E-state index contributed by atoms with van der Waals surface area (Å²) >= 11 is 1.25. The van der Waals surface area contributed by atoms with Crippen LogP contribution in [0.1, 0.15) is 23.8 Å². The van der Waals surface area contributed by atoms with Crippen molar-refractivity contribution in [2.24, 2.45) is 0 Å². The molecule has 5 heteroatoms. The van der Waals surface area contributed by atoms with E-state index in [1.807, 2.05) is 0 Å². The largest absolute Gasteiger partial charge is 0.322 e. The second kappa shape index (κ2) is 3.59. The van der Waals surface area contributed by atoms with Gasteiger partial charge in [-0.3, -0.25) is 4.79 Å². The average molecular weight is 199 g/mol. The highest BCUT2D eigenvalue weighted by atomic mass is 32.1. The maximum atomic E-state index is 10.9. The monoisotopic (exact) mass is 199 g/mol. The minimum absolute atomic E-state index is 0.0334. The van der Waals surface area contributed by atoms with E-state index in [-0.39, 0.29) is 4.87 Å². The van der Waals surface area contributed by atoms with Crippen LogP contribution in [0.15, 0.2) is 4.79 Å². The van der Waals surface area contributed by atoms with Crippen LogP contribution >= 0.6 is 11.3 Å². The van der Waals surface area contributed by atoms with Gasteiger partial charge in [-0.05, 0) is 33.0 Å². The summed E-state index contributed by atoms with van der Waals surface area (Å²) < 4.78 is 0. The molecule has 0 amide bonds. The lowest BCUT2D eigenvalue weighted by atomic mass is 9.98. The second-order valence-corrected chi connectivity index (χ2v) is 4.52. The van der Waals surface area contributed by atoms with Gasteiger partial charge in [-0.15, -0.1) is 0 Å². The van der Waals surface area contributed by atoms with Crippen LogP contribution in [0.25, 0.3) is 0 Å². The first kappa shape index (κ1) is 8.90. The molecule has 1 N–H and O–H groups in total. The van der Waals surface area contributed by atoms with Crippen molar-refractivity contribution in [2.45, 2.75) is 18.8 Å². The third-order valence-corrected chi connectivity index (χ3v) is 3.43. The Balaban J connectivity index is 2.06. The first-order valence-corrected chi connectivity index (χ1v) is 5.31. The Morgan fingerprint density at radius 1 is 1.54 bits per heavy atom. The molecular formula is C8H13N3OS. The van der Waals surface area contributed by atoms with E-state index in [1.165, 1.54) is 11.3 Å². The standard InChI is InChI=1S/C8H13N3OS/c1-11-4-2-6(3-5-11)7-9-10-8(12)13-7/h6H,2-5H2,1H3,(H,10,12). The third-order valence-electron chi connectivity index (χ3n) is 2.52. The number of nitrogens with zero attached hydrogens (tertiary/aromatic N) is 2. The van der Waals surface area contributed by atoms with E-state index < -0.39 is 0 Å². The van der Waals surface area contributed by atoms with Crippen LogP contribution in [-0.4, -0.2) is 35.2 Å². The van der Waals surface area contributed by atoms with Crippen molar-refractivity contribution < 1.29 is 0 Å². The molecule has 1 aliphatic rings. The highest BCUT2D eigenvalue weighted by molar-refractivity contribution is 7.08. The van der Waals surface area contributed by atoms with Crippen molar-refractivity contribution in [1.29, 1.82) is 0 Å². The molecule has 0 aromatic carbocycles. The molecule has 0 aliphatic carbocycles. The highest BCUT2D eigenvalue weighted by Gasteiger charge is 2.20. The topological polar surface area (TPSA) is 49.0 Å². The number of aromatic amines is 1. The molecular weight excluding hydrogens is 186 g/mol. The summed E-state index contributed by atoms with van der Waals surface area (Å²) in [5.41, 5.74) is 0. The summed E-state index contributed by atoms with van der Waals surface area (Å²) in [4.78, 5) is 13.2. The number of piperidine rings is 1. The van der Waals surface area contributed by atoms with Crippen molar-refractivity contribution in [3.8, 4) is 0 Å². The Morgan fingerprint density at radius 3 is 2.77 bits per heavy atom. The zero-order chi connectivity index (χ0) is 9.26. The fourth-order valence-electron chi connectivity index (χ4n) is 1.67. The van der Waals surface area contributed by atoms with Crippen LogP contribution in [0.3, 0.4) is 0 Å². The van der Waals surface area contributed by atoms with Crippen LogP contribution in [0.5, 0.6) is 0 Å². The zero-order valence-electron chi connectivity index (χ0n) is 7.62. The van der Waals surface area contributed by atoms with Crippen LogP contribution < -0.4 is 4.87 Å². The Labute approximate surface area is 80.6 Å². The van der Waals surface area contributed by atoms with Gasteiger partial charge in [0.05, 0.1) is 0 Å².